The van der Waals surface area contributed by atoms with Gasteiger partial charge in [-0.15, -0.1) is 0 Å². The van der Waals surface area contributed by atoms with Crippen molar-refractivity contribution in [2.45, 2.75) is 26.2 Å². The van der Waals surface area contributed by atoms with E-state index in [0.717, 1.165) is 17.5 Å². The van der Waals surface area contributed by atoms with Crippen LogP contribution in [-0.2, 0) is 0 Å². The van der Waals surface area contributed by atoms with Crippen LogP contribution in [0.15, 0.2) is 66.7 Å². The van der Waals surface area contributed by atoms with E-state index in [-0.39, 0.29) is 11.7 Å². The van der Waals surface area contributed by atoms with Gasteiger partial charge in [-0.3, -0.25) is 9.59 Å². The first kappa shape index (κ1) is 17.2. The highest BCUT2D eigenvalue weighted by Gasteiger charge is 2.28. The molecule has 1 unspecified atom stereocenters. The van der Waals surface area contributed by atoms with Crippen molar-refractivity contribution in [3.63, 3.8) is 0 Å². The molecule has 0 radical (unpaired) electrons. The third-order valence-electron chi connectivity index (χ3n) is 5.35. The van der Waals surface area contributed by atoms with Gasteiger partial charge in [-0.1, -0.05) is 62.4 Å². The molecule has 0 saturated carbocycles. The number of benzene rings is 3. The van der Waals surface area contributed by atoms with Crippen LogP contribution >= 0.6 is 0 Å². The third-order valence-corrected chi connectivity index (χ3v) is 5.35. The van der Waals surface area contributed by atoms with Crippen molar-refractivity contribution in [1.29, 1.82) is 0 Å². The summed E-state index contributed by atoms with van der Waals surface area (Å²) in [7, 11) is 0. The van der Waals surface area contributed by atoms with Crippen LogP contribution in [-0.4, -0.2) is 11.7 Å². The molecule has 1 amide bonds. The standard InChI is InChI=1S/C24H21NO2/c1-3-15(2)16-11-13-17(14-12-16)24(27)25-21-10-6-9-20-22(21)18-7-4-5-8-19(18)23(20)26/h4-15H,3H2,1-2H3,(H,25,27). The first-order valence-electron chi connectivity index (χ1n) is 9.28. The molecule has 0 saturated heterocycles. The molecule has 3 aromatic rings. The second-order valence-electron chi connectivity index (χ2n) is 6.99. The smallest absolute Gasteiger partial charge is 0.255 e. The molecule has 3 nitrogen and oxygen atoms in total. The van der Waals surface area contributed by atoms with E-state index in [4.69, 9.17) is 0 Å². The number of fused-ring (bicyclic) bond motifs is 3. The van der Waals surface area contributed by atoms with Crippen molar-refractivity contribution in [3.8, 4) is 11.1 Å². The minimum absolute atomic E-state index is 0.00889. The lowest BCUT2D eigenvalue weighted by Gasteiger charge is -2.12. The fourth-order valence-corrected chi connectivity index (χ4v) is 3.57. The van der Waals surface area contributed by atoms with Gasteiger partial charge in [0.15, 0.2) is 5.78 Å². The Bertz CT molecular complexity index is 1030. The molecule has 0 aliphatic heterocycles. The van der Waals surface area contributed by atoms with E-state index >= 15 is 0 Å². The molecule has 0 spiro atoms. The maximum atomic E-state index is 12.8. The van der Waals surface area contributed by atoms with Crippen molar-refractivity contribution < 1.29 is 9.59 Å². The predicted molar refractivity (Wildman–Crippen MR) is 108 cm³/mol. The van der Waals surface area contributed by atoms with Crippen LogP contribution in [0.5, 0.6) is 0 Å². The summed E-state index contributed by atoms with van der Waals surface area (Å²) in [6.45, 7) is 4.33. The van der Waals surface area contributed by atoms with Crippen molar-refractivity contribution >= 4 is 17.4 Å². The van der Waals surface area contributed by atoms with Crippen molar-refractivity contribution in [1.82, 2.24) is 0 Å². The highest BCUT2D eigenvalue weighted by Crippen LogP contribution is 2.41. The van der Waals surface area contributed by atoms with E-state index in [9.17, 15) is 9.59 Å². The van der Waals surface area contributed by atoms with E-state index in [1.54, 1.807) is 0 Å². The van der Waals surface area contributed by atoms with Gasteiger partial charge in [0, 0.05) is 27.9 Å². The molecular weight excluding hydrogens is 334 g/mol. The van der Waals surface area contributed by atoms with Gasteiger partial charge in [0.05, 0.1) is 0 Å². The van der Waals surface area contributed by atoms with Crippen LogP contribution in [0.3, 0.4) is 0 Å². The number of anilines is 1. The zero-order valence-electron chi connectivity index (χ0n) is 15.5. The van der Waals surface area contributed by atoms with Gasteiger partial charge in [-0.05, 0) is 41.7 Å². The van der Waals surface area contributed by atoms with Crippen LogP contribution in [0.1, 0.15) is 58.0 Å². The zero-order chi connectivity index (χ0) is 19.0. The molecule has 1 aliphatic carbocycles. The lowest BCUT2D eigenvalue weighted by molar-refractivity contribution is 0.102. The second kappa shape index (κ2) is 6.84. The zero-order valence-corrected chi connectivity index (χ0v) is 15.5. The molecule has 27 heavy (non-hydrogen) atoms. The van der Waals surface area contributed by atoms with Gasteiger partial charge in [0.25, 0.3) is 5.91 Å². The van der Waals surface area contributed by atoms with E-state index in [1.807, 2.05) is 66.7 Å². The number of carbonyl (C=O) groups excluding carboxylic acids is 2. The number of amides is 1. The van der Waals surface area contributed by atoms with Crippen LogP contribution in [0, 0.1) is 0 Å². The van der Waals surface area contributed by atoms with Gasteiger partial charge >= 0.3 is 0 Å². The number of rotatable bonds is 4. The monoisotopic (exact) mass is 355 g/mol. The molecule has 1 aliphatic rings. The van der Waals surface area contributed by atoms with Crippen LogP contribution in [0.4, 0.5) is 5.69 Å². The molecule has 0 heterocycles. The summed E-state index contributed by atoms with van der Waals surface area (Å²) < 4.78 is 0. The summed E-state index contributed by atoms with van der Waals surface area (Å²) in [6, 6.07) is 20.7. The predicted octanol–water partition coefficient (Wildman–Crippen LogP) is 5.66. The SMILES string of the molecule is CCC(C)c1ccc(C(=O)Nc2cccc3c2-c2ccccc2C3=O)cc1. The Balaban J connectivity index is 1.66. The summed E-state index contributed by atoms with van der Waals surface area (Å²) >= 11 is 0. The quantitative estimate of drug-likeness (QED) is 0.513. The lowest BCUT2D eigenvalue weighted by atomic mass is 9.97. The Morgan fingerprint density at radius 1 is 0.889 bits per heavy atom. The summed E-state index contributed by atoms with van der Waals surface area (Å²) in [4.78, 5) is 25.4. The molecule has 0 fully saturated rings. The molecule has 0 aromatic heterocycles. The summed E-state index contributed by atoms with van der Waals surface area (Å²) in [5.74, 6) is 0.313. The van der Waals surface area contributed by atoms with Crippen molar-refractivity contribution in [2.75, 3.05) is 5.32 Å². The van der Waals surface area contributed by atoms with Gasteiger partial charge in [0.1, 0.15) is 0 Å². The summed E-state index contributed by atoms with van der Waals surface area (Å²) in [5.41, 5.74) is 5.52. The van der Waals surface area contributed by atoms with Crippen LogP contribution < -0.4 is 5.32 Å². The topological polar surface area (TPSA) is 46.2 Å². The average Bonchev–Trinajstić information content (AvgIpc) is 3.01. The van der Waals surface area contributed by atoms with E-state index in [1.165, 1.54) is 5.56 Å². The average molecular weight is 355 g/mol. The molecule has 3 aromatic carbocycles. The number of hydrogen-bond acceptors (Lipinski definition) is 2. The Labute approximate surface area is 159 Å². The third kappa shape index (κ3) is 2.95. The van der Waals surface area contributed by atoms with E-state index < -0.39 is 0 Å². The largest absolute Gasteiger partial charge is 0.321 e. The first-order chi connectivity index (χ1) is 13.1. The highest BCUT2D eigenvalue weighted by molar-refractivity contribution is 6.24. The second-order valence-corrected chi connectivity index (χ2v) is 6.99. The fraction of sp³-hybridized carbons (Fsp3) is 0.167. The maximum absolute atomic E-state index is 12.8. The van der Waals surface area contributed by atoms with Gasteiger partial charge in [0.2, 0.25) is 0 Å². The summed E-state index contributed by atoms with van der Waals surface area (Å²) in [5, 5.41) is 2.99. The van der Waals surface area contributed by atoms with E-state index in [0.29, 0.717) is 28.3 Å². The summed E-state index contributed by atoms with van der Waals surface area (Å²) in [6.07, 6.45) is 1.06. The maximum Gasteiger partial charge on any atom is 0.255 e. The highest BCUT2D eigenvalue weighted by atomic mass is 16.1. The van der Waals surface area contributed by atoms with Gasteiger partial charge in [-0.2, -0.15) is 0 Å². The minimum atomic E-state index is -0.170. The number of hydrogen-bond donors (Lipinski definition) is 1. The van der Waals surface area contributed by atoms with Crippen LogP contribution in [0.2, 0.25) is 0 Å². The van der Waals surface area contributed by atoms with E-state index in [2.05, 4.69) is 19.2 Å². The molecule has 0 bridgehead atoms. The van der Waals surface area contributed by atoms with Gasteiger partial charge in [-0.25, -0.2) is 0 Å². The Morgan fingerprint density at radius 3 is 2.26 bits per heavy atom. The molecule has 1 atom stereocenters. The number of ketones is 1. The lowest BCUT2D eigenvalue weighted by Crippen LogP contribution is -2.13. The number of carbonyl (C=O) groups is 2. The molecule has 134 valence electrons. The van der Waals surface area contributed by atoms with Crippen molar-refractivity contribution in [2.24, 2.45) is 0 Å². The minimum Gasteiger partial charge on any atom is -0.321 e. The van der Waals surface area contributed by atoms with Crippen LogP contribution in [0.25, 0.3) is 11.1 Å². The molecular formula is C24H21NO2. The Hall–Kier alpha value is -3.20. The molecule has 1 N–H and O–H groups in total. The normalized spacial score (nSPS) is 13.0. The van der Waals surface area contributed by atoms with Crippen molar-refractivity contribution in [3.05, 3.63) is 89.0 Å². The molecule has 3 heteroatoms. The molecule has 4 rings (SSSR count). The number of nitrogens with one attached hydrogen (secondary N) is 1. The van der Waals surface area contributed by atoms with Gasteiger partial charge < -0.3 is 5.32 Å². The Kier molecular flexibility index (Phi) is 4.36. The fourth-order valence-electron chi connectivity index (χ4n) is 3.57. The first-order valence-corrected chi connectivity index (χ1v) is 9.28. The Morgan fingerprint density at radius 2 is 1.56 bits per heavy atom.